The molecule has 0 unspecified atom stereocenters. The van der Waals surface area contributed by atoms with E-state index in [1.165, 1.54) is 0 Å². The number of benzene rings is 1. The fourth-order valence-corrected chi connectivity index (χ4v) is 3.10. The van der Waals surface area contributed by atoms with Gasteiger partial charge in [0.2, 0.25) is 10.0 Å². The van der Waals surface area contributed by atoms with Crippen molar-refractivity contribution in [3.05, 3.63) is 29.3 Å². The Labute approximate surface area is 135 Å². The Morgan fingerprint density at radius 3 is 2.33 bits per heavy atom. The average Bonchev–Trinajstić information content (AvgIpc) is 2.50. The zero-order valence-electron chi connectivity index (χ0n) is 12.6. The minimum atomic E-state index is -4.82. The summed E-state index contributed by atoms with van der Waals surface area (Å²) in [6.07, 6.45) is -5.37. The minimum absolute atomic E-state index is 0.318. The van der Waals surface area contributed by atoms with Crippen LogP contribution >= 0.6 is 0 Å². The molecule has 1 N–H and O–H groups in total. The third-order valence-electron chi connectivity index (χ3n) is 3.04. The van der Waals surface area contributed by atoms with Gasteiger partial charge < -0.3 is 9.84 Å². The largest absolute Gasteiger partial charge is 0.481 e. The molecule has 0 heterocycles. The number of alkyl halides is 3. The Morgan fingerprint density at radius 1 is 1.29 bits per heavy atom. The van der Waals surface area contributed by atoms with Crippen molar-refractivity contribution in [3.8, 4) is 0 Å². The molecule has 0 aromatic heterocycles. The minimum Gasteiger partial charge on any atom is -0.481 e. The van der Waals surface area contributed by atoms with Crippen molar-refractivity contribution in [1.29, 1.82) is 0 Å². The zero-order valence-corrected chi connectivity index (χ0v) is 13.4. The van der Waals surface area contributed by atoms with E-state index in [2.05, 4.69) is 4.74 Å². The topological polar surface area (TPSA) is 101 Å². The van der Waals surface area contributed by atoms with E-state index in [1.807, 2.05) is 0 Å². The molecule has 11 heteroatoms. The molecular formula is C13H14F3NO6S. The summed E-state index contributed by atoms with van der Waals surface area (Å²) in [5.74, 6) is -2.41. The van der Waals surface area contributed by atoms with Gasteiger partial charge in [-0.2, -0.15) is 13.2 Å². The van der Waals surface area contributed by atoms with Crippen LogP contribution < -0.4 is 0 Å². The average molecular weight is 369 g/mol. The number of esters is 1. The Balaban J connectivity index is 3.46. The molecule has 1 aromatic rings. The predicted molar refractivity (Wildman–Crippen MR) is 74.9 cm³/mol. The SMILES string of the molecule is COC(=O)c1ccc(C(F)(F)F)cc1S(=O)(=O)N(C)CCC(=O)O. The van der Waals surface area contributed by atoms with E-state index in [4.69, 9.17) is 5.11 Å². The second-order valence-corrected chi connectivity index (χ2v) is 6.68. The monoisotopic (exact) mass is 369 g/mol. The van der Waals surface area contributed by atoms with Gasteiger partial charge in [-0.25, -0.2) is 17.5 Å². The van der Waals surface area contributed by atoms with Crippen molar-refractivity contribution in [2.75, 3.05) is 20.7 Å². The van der Waals surface area contributed by atoms with E-state index < -0.39 is 57.1 Å². The van der Waals surface area contributed by atoms with E-state index in [9.17, 15) is 31.2 Å². The molecular weight excluding hydrogens is 355 g/mol. The molecule has 7 nitrogen and oxygen atoms in total. The van der Waals surface area contributed by atoms with Crippen LogP contribution in [0.3, 0.4) is 0 Å². The van der Waals surface area contributed by atoms with Crippen LogP contribution in [0.1, 0.15) is 22.3 Å². The molecule has 0 aliphatic carbocycles. The number of hydrogen-bond donors (Lipinski definition) is 1. The van der Waals surface area contributed by atoms with Crippen molar-refractivity contribution < 1.29 is 41.0 Å². The second kappa shape index (κ2) is 7.18. The molecule has 0 aliphatic heterocycles. The molecule has 0 saturated carbocycles. The first-order valence-corrected chi connectivity index (χ1v) is 7.83. The van der Waals surface area contributed by atoms with Gasteiger partial charge in [0.15, 0.2) is 0 Å². The fraction of sp³-hybridized carbons (Fsp3) is 0.385. The number of carboxylic acid groups (broad SMARTS) is 1. The number of hydrogen-bond acceptors (Lipinski definition) is 5. The van der Waals surface area contributed by atoms with Crippen molar-refractivity contribution >= 4 is 22.0 Å². The van der Waals surface area contributed by atoms with Crippen LogP contribution in [0.15, 0.2) is 23.1 Å². The highest BCUT2D eigenvalue weighted by molar-refractivity contribution is 7.89. The summed E-state index contributed by atoms with van der Waals surface area (Å²) in [6.45, 7) is -0.478. The molecule has 0 radical (unpaired) electrons. The first kappa shape index (κ1) is 19.9. The third kappa shape index (κ3) is 4.45. The van der Waals surface area contributed by atoms with Gasteiger partial charge in [-0.1, -0.05) is 0 Å². The highest BCUT2D eigenvalue weighted by Gasteiger charge is 2.35. The Kier molecular flexibility index (Phi) is 5.95. The summed E-state index contributed by atoms with van der Waals surface area (Å²) in [4.78, 5) is 21.3. The Morgan fingerprint density at radius 2 is 1.88 bits per heavy atom. The number of halogens is 3. The van der Waals surface area contributed by atoms with Crippen molar-refractivity contribution in [2.45, 2.75) is 17.5 Å². The number of carboxylic acids is 1. The first-order valence-electron chi connectivity index (χ1n) is 6.39. The number of carbonyl (C=O) groups excluding carboxylic acids is 1. The molecule has 0 atom stereocenters. The van der Waals surface area contributed by atoms with Gasteiger partial charge in [-0.15, -0.1) is 0 Å². The second-order valence-electron chi connectivity index (χ2n) is 4.67. The lowest BCUT2D eigenvalue weighted by Crippen LogP contribution is -2.31. The van der Waals surface area contributed by atoms with Gasteiger partial charge in [0.05, 0.1) is 29.6 Å². The first-order chi connectivity index (χ1) is 10.9. The van der Waals surface area contributed by atoms with Gasteiger partial charge >= 0.3 is 18.1 Å². The molecule has 134 valence electrons. The van der Waals surface area contributed by atoms with Crippen molar-refractivity contribution in [3.63, 3.8) is 0 Å². The van der Waals surface area contributed by atoms with Gasteiger partial charge in [0.1, 0.15) is 0 Å². The molecule has 0 aliphatic rings. The highest BCUT2D eigenvalue weighted by Crippen LogP contribution is 2.32. The van der Waals surface area contributed by atoms with E-state index in [0.717, 1.165) is 14.2 Å². The molecule has 0 fully saturated rings. The maximum atomic E-state index is 12.8. The summed E-state index contributed by atoms with van der Waals surface area (Å²) in [5, 5.41) is 8.59. The van der Waals surface area contributed by atoms with Crippen LogP contribution in [0.5, 0.6) is 0 Å². The molecule has 0 spiro atoms. The maximum absolute atomic E-state index is 12.8. The maximum Gasteiger partial charge on any atom is 0.416 e. The number of rotatable bonds is 6. The smallest absolute Gasteiger partial charge is 0.416 e. The summed E-state index contributed by atoms with van der Waals surface area (Å²) in [5.41, 5.74) is -1.84. The van der Waals surface area contributed by atoms with Crippen LogP contribution in [-0.2, 0) is 25.7 Å². The summed E-state index contributed by atoms with van der Waals surface area (Å²) in [7, 11) is -2.59. The van der Waals surface area contributed by atoms with Gasteiger partial charge in [0.25, 0.3) is 0 Å². The predicted octanol–water partition coefficient (Wildman–Crippen LogP) is 1.59. The van der Waals surface area contributed by atoms with E-state index >= 15 is 0 Å². The van der Waals surface area contributed by atoms with Gasteiger partial charge in [-0.3, -0.25) is 4.79 Å². The van der Waals surface area contributed by atoms with Crippen molar-refractivity contribution in [2.24, 2.45) is 0 Å². The number of sulfonamides is 1. The molecule has 0 amide bonds. The summed E-state index contributed by atoms with van der Waals surface area (Å²) < 4.78 is 68.3. The van der Waals surface area contributed by atoms with Crippen LogP contribution in [-0.4, -0.2) is 50.5 Å². The Hall–Kier alpha value is -2.14. The van der Waals surface area contributed by atoms with E-state index in [0.29, 0.717) is 22.5 Å². The highest BCUT2D eigenvalue weighted by atomic mass is 32.2. The van der Waals surface area contributed by atoms with Gasteiger partial charge in [0, 0.05) is 13.6 Å². The number of nitrogens with zero attached hydrogens (tertiary/aromatic N) is 1. The lowest BCUT2D eigenvalue weighted by atomic mass is 10.1. The van der Waals surface area contributed by atoms with Crippen molar-refractivity contribution in [1.82, 2.24) is 4.31 Å². The third-order valence-corrected chi connectivity index (χ3v) is 4.94. The molecule has 0 bridgehead atoms. The zero-order chi connectivity index (χ0) is 18.7. The van der Waals surface area contributed by atoms with Crippen LogP contribution in [0, 0.1) is 0 Å². The number of aliphatic carboxylic acids is 1. The standard InChI is InChI=1S/C13H14F3NO6S/c1-17(6-5-11(18)19)24(21,22)10-7-8(13(14,15)16)3-4-9(10)12(20)23-2/h3-4,7H,5-6H2,1-2H3,(H,18,19). The number of ether oxygens (including phenoxy) is 1. The lowest BCUT2D eigenvalue weighted by Gasteiger charge is -2.19. The van der Waals surface area contributed by atoms with Crippen LogP contribution in [0.2, 0.25) is 0 Å². The van der Waals surface area contributed by atoms with Gasteiger partial charge in [-0.05, 0) is 18.2 Å². The van der Waals surface area contributed by atoms with Crippen LogP contribution in [0.25, 0.3) is 0 Å². The molecule has 1 aromatic carbocycles. The quantitative estimate of drug-likeness (QED) is 0.764. The number of carbonyl (C=O) groups is 2. The molecule has 1 rings (SSSR count). The Bertz CT molecular complexity index is 745. The summed E-state index contributed by atoms with van der Waals surface area (Å²) >= 11 is 0. The molecule has 24 heavy (non-hydrogen) atoms. The fourth-order valence-electron chi connectivity index (χ4n) is 1.73. The van der Waals surface area contributed by atoms with Crippen LogP contribution in [0.4, 0.5) is 13.2 Å². The normalized spacial score (nSPS) is 12.2. The van der Waals surface area contributed by atoms with E-state index in [1.54, 1.807) is 0 Å². The lowest BCUT2D eigenvalue weighted by molar-refractivity contribution is -0.138. The molecule has 0 saturated heterocycles. The number of methoxy groups -OCH3 is 1. The van der Waals surface area contributed by atoms with E-state index in [-0.39, 0.29) is 0 Å². The summed E-state index contributed by atoms with van der Waals surface area (Å²) in [6, 6.07) is 1.58.